The lowest BCUT2D eigenvalue weighted by Gasteiger charge is -2.60. The highest BCUT2D eigenvalue weighted by Gasteiger charge is 2.58. The van der Waals surface area contributed by atoms with Crippen LogP contribution in [0.25, 0.3) is 0 Å². The summed E-state index contributed by atoms with van der Waals surface area (Å²) in [6.07, 6.45) is 5.45. The van der Waals surface area contributed by atoms with Crippen molar-refractivity contribution in [2.45, 2.75) is 57.7 Å². The van der Waals surface area contributed by atoms with Gasteiger partial charge in [-0.3, -0.25) is 0 Å². The molecule has 1 aliphatic heterocycles. The summed E-state index contributed by atoms with van der Waals surface area (Å²) in [6.45, 7) is 5.71. The second kappa shape index (κ2) is 4.57. The van der Waals surface area contributed by atoms with Gasteiger partial charge in [0.15, 0.2) is 0 Å². The first-order valence-electron chi connectivity index (χ1n) is 8.10. The number of benzene rings is 1. The molecule has 0 radical (unpaired) electrons. The average molecular weight is 271 g/mol. The Morgan fingerprint density at radius 2 is 1.85 bits per heavy atom. The van der Waals surface area contributed by atoms with E-state index in [0.29, 0.717) is 23.6 Å². The molecule has 2 nitrogen and oxygen atoms in total. The lowest BCUT2D eigenvalue weighted by molar-refractivity contribution is -0.194. The summed E-state index contributed by atoms with van der Waals surface area (Å²) < 4.78 is 6.01. The molecule has 3 unspecified atom stereocenters. The van der Waals surface area contributed by atoms with Crippen LogP contribution in [0, 0.1) is 11.3 Å². The van der Waals surface area contributed by atoms with Crippen LogP contribution in [-0.4, -0.2) is 24.8 Å². The van der Waals surface area contributed by atoms with Crippen LogP contribution in [-0.2, 0) is 17.6 Å². The van der Waals surface area contributed by atoms with Gasteiger partial charge >= 0.3 is 0 Å². The van der Waals surface area contributed by atoms with E-state index in [4.69, 9.17) is 4.74 Å². The molecule has 4 rings (SSSR count). The van der Waals surface area contributed by atoms with Crippen LogP contribution < -0.4 is 5.32 Å². The Balaban J connectivity index is 1.45. The van der Waals surface area contributed by atoms with E-state index in [1.807, 2.05) is 0 Å². The van der Waals surface area contributed by atoms with Gasteiger partial charge in [-0.1, -0.05) is 38.1 Å². The van der Waals surface area contributed by atoms with E-state index >= 15 is 0 Å². The van der Waals surface area contributed by atoms with Gasteiger partial charge in [0, 0.05) is 30.0 Å². The topological polar surface area (TPSA) is 21.3 Å². The van der Waals surface area contributed by atoms with Crippen molar-refractivity contribution in [2.75, 3.05) is 6.61 Å². The molecule has 0 aromatic heterocycles. The normalized spacial score (nSPS) is 35.2. The minimum atomic E-state index is 0.292. The van der Waals surface area contributed by atoms with E-state index in [1.54, 1.807) is 11.1 Å². The van der Waals surface area contributed by atoms with Gasteiger partial charge in [-0.05, 0) is 36.8 Å². The molecule has 3 atom stereocenters. The van der Waals surface area contributed by atoms with Gasteiger partial charge in [0.1, 0.15) is 0 Å². The van der Waals surface area contributed by atoms with Crippen molar-refractivity contribution in [3.05, 3.63) is 35.4 Å². The van der Waals surface area contributed by atoms with Gasteiger partial charge in [0.05, 0.1) is 6.10 Å². The van der Waals surface area contributed by atoms with E-state index in [2.05, 4.69) is 43.4 Å². The van der Waals surface area contributed by atoms with E-state index in [1.165, 1.54) is 25.7 Å². The lowest BCUT2D eigenvalue weighted by Crippen LogP contribution is -2.70. The zero-order valence-electron chi connectivity index (χ0n) is 12.6. The van der Waals surface area contributed by atoms with E-state index < -0.39 is 0 Å². The molecule has 3 aliphatic rings. The van der Waals surface area contributed by atoms with Crippen molar-refractivity contribution in [3.8, 4) is 0 Å². The summed E-state index contributed by atoms with van der Waals surface area (Å²) >= 11 is 0. The van der Waals surface area contributed by atoms with Crippen LogP contribution in [0.5, 0.6) is 0 Å². The average Bonchev–Trinajstić information content (AvgIpc) is 2.87. The fourth-order valence-corrected chi connectivity index (χ4v) is 4.79. The Morgan fingerprint density at radius 3 is 2.55 bits per heavy atom. The first kappa shape index (κ1) is 12.8. The molecule has 1 saturated carbocycles. The highest BCUT2D eigenvalue weighted by Crippen LogP contribution is 2.51. The first-order valence-corrected chi connectivity index (χ1v) is 8.10. The molecule has 1 aromatic rings. The summed E-state index contributed by atoms with van der Waals surface area (Å²) in [5.74, 6) is 0.738. The van der Waals surface area contributed by atoms with Crippen molar-refractivity contribution in [1.29, 1.82) is 0 Å². The number of rotatable bonds is 2. The zero-order chi connectivity index (χ0) is 13.7. The maximum absolute atomic E-state index is 6.01. The molecule has 2 aliphatic carbocycles. The largest absolute Gasteiger partial charge is 0.377 e. The van der Waals surface area contributed by atoms with E-state index in [9.17, 15) is 0 Å². The van der Waals surface area contributed by atoms with Crippen LogP contribution >= 0.6 is 0 Å². The summed E-state index contributed by atoms with van der Waals surface area (Å²) in [5.41, 5.74) is 3.37. The molecule has 108 valence electrons. The van der Waals surface area contributed by atoms with Crippen LogP contribution in [0.4, 0.5) is 0 Å². The van der Waals surface area contributed by atoms with Crippen LogP contribution in [0.15, 0.2) is 24.3 Å². The molecular formula is C18H25NO. The highest BCUT2D eigenvalue weighted by atomic mass is 16.5. The first-order chi connectivity index (χ1) is 9.66. The Morgan fingerprint density at radius 1 is 1.15 bits per heavy atom. The molecule has 1 N–H and O–H groups in total. The minimum Gasteiger partial charge on any atom is -0.377 e. The molecular weight excluding hydrogens is 246 g/mol. The molecule has 20 heavy (non-hydrogen) atoms. The van der Waals surface area contributed by atoms with Crippen LogP contribution in [0.2, 0.25) is 0 Å². The molecule has 2 heteroatoms. The Bertz CT molecular complexity index is 485. The van der Waals surface area contributed by atoms with E-state index in [0.717, 1.165) is 12.5 Å². The Kier molecular flexibility index (Phi) is 2.94. The highest BCUT2D eigenvalue weighted by molar-refractivity contribution is 5.33. The Labute approximate surface area is 121 Å². The Hall–Kier alpha value is -0.860. The molecule has 0 amide bonds. The summed E-state index contributed by atoms with van der Waals surface area (Å²) in [7, 11) is 0. The number of hydrogen-bond donors (Lipinski definition) is 1. The molecule has 0 bridgehead atoms. The fraction of sp³-hybridized carbons (Fsp3) is 0.667. The fourth-order valence-electron chi connectivity index (χ4n) is 4.79. The third-order valence-corrected chi connectivity index (χ3v) is 5.80. The SMILES string of the molecule is CC1(C)C(NC2Cc3ccccc3C2)C2CCCOC21. The van der Waals surface area contributed by atoms with Crippen LogP contribution in [0.3, 0.4) is 0 Å². The van der Waals surface area contributed by atoms with E-state index in [-0.39, 0.29) is 0 Å². The van der Waals surface area contributed by atoms with Crippen molar-refractivity contribution in [3.63, 3.8) is 0 Å². The van der Waals surface area contributed by atoms with Crippen molar-refractivity contribution < 1.29 is 4.74 Å². The molecule has 1 heterocycles. The quantitative estimate of drug-likeness (QED) is 0.893. The summed E-state index contributed by atoms with van der Waals surface area (Å²) in [5, 5.41) is 3.97. The van der Waals surface area contributed by atoms with Gasteiger partial charge in [-0.25, -0.2) is 0 Å². The van der Waals surface area contributed by atoms with Crippen molar-refractivity contribution >= 4 is 0 Å². The van der Waals surface area contributed by atoms with Gasteiger partial charge in [-0.2, -0.15) is 0 Å². The standard InChI is InChI=1S/C18H25NO/c1-18(2)16(15-8-5-9-20-17(15)18)19-14-10-12-6-3-4-7-13(12)11-14/h3-4,6-7,14-17,19H,5,8-11H2,1-2H3. The van der Waals surface area contributed by atoms with Crippen LogP contribution in [0.1, 0.15) is 37.8 Å². The summed E-state index contributed by atoms with van der Waals surface area (Å²) in [6, 6.07) is 10.2. The molecule has 1 saturated heterocycles. The maximum atomic E-state index is 6.01. The van der Waals surface area contributed by atoms with Gasteiger partial charge in [-0.15, -0.1) is 0 Å². The maximum Gasteiger partial charge on any atom is 0.0684 e. The van der Waals surface area contributed by atoms with Gasteiger partial charge < -0.3 is 10.1 Å². The lowest BCUT2D eigenvalue weighted by atomic mass is 9.55. The number of ether oxygens (including phenoxy) is 1. The van der Waals surface area contributed by atoms with Gasteiger partial charge in [0.25, 0.3) is 0 Å². The third kappa shape index (κ3) is 1.85. The van der Waals surface area contributed by atoms with Gasteiger partial charge in [0.2, 0.25) is 0 Å². The minimum absolute atomic E-state index is 0.292. The second-order valence-electron chi connectivity index (χ2n) is 7.44. The molecule has 1 aromatic carbocycles. The monoisotopic (exact) mass is 271 g/mol. The summed E-state index contributed by atoms with van der Waals surface area (Å²) in [4.78, 5) is 0. The predicted molar refractivity (Wildman–Crippen MR) is 80.8 cm³/mol. The van der Waals surface area contributed by atoms with Crippen molar-refractivity contribution in [1.82, 2.24) is 5.32 Å². The predicted octanol–water partition coefficient (Wildman–Crippen LogP) is 2.95. The smallest absolute Gasteiger partial charge is 0.0684 e. The number of nitrogens with one attached hydrogen (secondary N) is 1. The second-order valence-corrected chi connectivity index (χ2v) is 7.44. The number of hydrogen-bond acceptors (Lipinski definition) is 2. The third-order valence-electron chi connectivity index (χ3n) is 5.80. The number of fused-ring (bicyclic) bond motifs is 2. The molecule has 2 fully saturated rings. The molecule has 0 spiro atoms. The zero-order valence-corrected chi connectivity index (χ0v) is 12.6. The van der Waals surface area contributed by atoms with Crippen molar-refractivity contribution in [2.24, 2.45) is 11.3 Å².